The highest BCUT2D eigenvalue weighted by molar-refractivity contribution is 5.95. The van der Waals surface area contributed by atoms with Crippen molar-refractivity contribution in [1.29, 1.82) is 0 Å². The van der Waals surface area contributed by atoms with Crippen LogP contribution in [-0.2, 0) is 14.3 Å². The minimum absolute atomic E-state index is 0.213. The molecule has 2 heterocycles. The summed E-state index contributed by atoms with van der Waals surface area (Å²) >= 11 is 0. The lowest BCUT2D eigenvalue weighted by atomic mass is 9.85. The molecule has 0 aromatic heterocycles. The van der Waals surface area contributed by atoms with Gasteiger partial charge in [0.25, 0.3) is 0 Å². The molecule has 0 unspecified atom stereocenters. The number of carbonyl (C=O) groups excluding carboxylic acids is 2. The highest BCUT2D eigenvalue weighted by Gasteiger charge is 2.60. The van der Waals surface area contributed by atoms with Crippen LogP contribution >= 0.6 is 0 Å². The normalized spacial score (nSPS) is 31.8. The Kier molecular flexibility index (Phi) is 3.63. The van der Waals surface area contributed by atoms with Crippen LogP contribution in [0.1, 0.15) is 47.0 Å². The van der Waals surface area contributed by atoms with Crippen LogP contribution in [0.4, 0.5) is 4.79 Å². The van der Waals surface area contributed by atoms with Crippen LogP contribution in [0.15, 0.2) is 0 Å². The quantitative estimate of drug-likeness (QED) is 0.796. The number of carbonyl (C=O) groups is 3. The lowest BCUT2D eigenvalue weighted by molar-refractivity contribution is -0.155. The van der Waals surface area contributed by atoms with E-state index in [1.807, 2.05) is 0 Å². The summed E-state index contributed by atoms with van der Waals surface area (Å²) in [7, 11) is 0. The lowest BCUT2D eigenvalue weighted by Crippen LogP contribution is -2.72. The number of nitrogens with one attached hydrogen (secondary N) is 1. The van der Waals surface area contributed by atoms with Gasteiger partial charge in [-0.3, -0.25) is 9.69 Å². The minimum atomic E-state index is -1.43. The zero-order valence-electron chi connectivity index (χ0n) is 12.8. The molecule has 2 rings (SSSR count). The number of amides is 2. The highest BCUT2D eigenvalue weighted by atomic mass is 16.6. The van der Waals surface area contributed by atoms with E-state index in [0.29, 0.717) is 12.8 Å². The predicted octanol–water partition coefficient (Wildman–Crippen LogP) is 1.12. The standard InChI is InChI=1S/C14H22N2O5/c1-5-14(11(18)19)9-7-6-8(10(17)15-14)16(9)12(20)21-13(2,3)4/h8-9H,5-7H2,1-4H3,(H,15,17)(H,18,19)/t8-,9+,14+/m1/s1. The number of carboxylic acid groups (broad SMARTS) is 1. The van der Waals surface area contributed by atoms with Gasteiger partial charge in [0.2, 0.25) is 5.91 Å². The largest absolute Gasteiger partial charge is 0.479 e. The van der Waals surface area contributed by atoms with Crippen molar-refractivity contribution in [2.24, 2.45) is 0 Å². The lowest BCUT2D eigenvalue weighted by Gasteiger charge is -2.45. The fourth-order valence-electron chi connectivity index (χ4n) is 3.18. The van der Waals surface area contributed by atoms with Crippen molar-refractivity contribution in [3.05, 3.63) is 0 Å². The van der Waals surface area contributed by atoms with Crippen molar-refractivity contribution in [2.45, 2.75) is 70.2 Å². The molecule has 2 bridgehead atoms. The van der Waals surface area contributed by atoms with Crippen LogP contribution in [0.5, 0.6) is 0 Å². The summed E-state index contributed by atoms with van der Waals surface area (Å²) in [5.41, 5.74) is -2.12. The third kappa shape index (κ3) is 2.45. The molecular weight excluding hydrogens is 276 g/mol. The molecule has 0 radical (unpaired) electrons. The molecule has 2 aliphatic rings. The molecule has 0 aliphatic carbocycles. The monoisotopic (exact) mass is 298 g/mol. The van der Waals surface area contributed by atoms with E-state index >= 15 is 0 Å². The number of hydrogen-bond donors (Lipinski definition) is 2. The summed E-state index contributed by atoms with van der Waals surface area (Å²) in [6.07, 6.45) is 0.530. The van der Waals surface area contributed by atoms with Crippen LogP contribution in [-0.4, -0.2) is 51.2 Å². The van der Waals surface area contributed by atoms with Gasteiger partial charge in [0, 0.05) is 0 Å². The molecule has 21 heavy (non-hydrogen) atoms. The van der Waals surface area contributed by atoms with Crippen LogP contribution in [0.2, 0.25) is 0 Å². The second-order valence-electron chi connectivity index (χ2n) is 6.62. The number of carboxylic acids is 1. The first-order valence-electron chi connectivity index (χ1n) is 7.19. The first-order valence-corrected chi connectivity index (χ1v) is 7.19. The Hall–Kier alpha value is -1.79. The number of aliphatic carboxylic acids is 1. The molecule has 2 amide bonds. The van der Waals surface area contributed by atoms with Crippen molar-refractivity contribution in [2.75, 3.05) is 0 Å². The van der Waals surface area contributed by atoms with Gasteiger partial charge in [0.1, 0.15) is 11.6 Å². The van der Waals surface area contributed by atoms with E-state index in [9.17, 15) is 19.5 Å². The Balaban J connectivity index is 2.36. The molecule has 0 aromatic carbocycles. The molecule has 2 aliphatic heterocycles. The number of hydrogen-bond acceptors (Lipinski definition) is 4. The van der Waals surface area contributed by atoms with E-state index in [1.165, 1.54) is 4.90 Å². The molecule has 2 N–H and O–H groups in total. The van der Waals surface area contributed by atoms with Gasteiger partial charge in [-0.1, -0.05) is 6.92 Å². The fourth-order valence-corrected chi connectivity index (χ4v) is 3.18. The number of fused-ring (bicyclic) bond motifs is 2. The van der Waals surface area contributed by atoms with E-state index < -0.39 is 41.2 Å². The van der Waals surface area contributed by atoms with Gasteiger partial charge in [0.05, 0.1) is 6.04 Å². The number of rotatable bonds is 2. The Labute approximate surface area is 123 Å². The van der Waals surface area contributed by atoms with Crippen molar-refractivity contribution in [3.8, 4) is 0 Å². The maximum Gasteiger partial charge on any atom is 0.411 e. The number of ether oxygens (including phenoxy) is 1. The molecule has 2 fully saturated rings. The zero-order chi connectivity index (χ0) is 16.0. The molecule has 7 heteroatoms. The molecule has 0 saturated carbocycles. The van der Waals surface area contributed by atoms with Crippen LogP contribution < -0.4 is 5.32 Å². The van der Waals surface area contributed by atoms with Gasteiger partial charge in [-0.25, -0.2) is 9.59 Å². The second-order valence-corrected chi connectivity index (χ2v) is 6.62. The minimum Gasteiger partial charge on any atom is -0.479 e. The second kappa shape index (κ2) is 4.89. The summed E-state index contributed by atoms with van der Waals surface area (Å²) in [6, 6.07) is -1.21. The smallest absolute Gasteiger partial charge is 0.411 e. The van der Waals surface area contributed by atoms with E-state index in [-0.39, 0.29) is 6.42 Å². The third-order valence-corrected chi connectivity index (χ3v) is 4.15. The van der Waals surface area contributed by atoms with Gasteiger partial charge >= 0.3 is 12.1 Å². The summed E-state index contributed by atoms with van der Waals surface area (Å²) in [6.45, 7) is 6.91. The first-order chi connectivity index (χ1) is 9.62. The molecule has 3 atom stereocenters. The average molecular weight is 298 g/mol. The van der Waals surface area contributed by atoms with Gasteiger partial charge in [-0.15, -0.1) is 0 Å². The maximum absolute atomic E-state index is 12.4. The topological polar surface area (TPSA) is 95.9 Å². The third-order valence-electron chi connectivity index (χ3n) is 4.15. The zero-order valence-corrected chi connectivity index (χ0v) is 12.8. The fraction of sp³-hybridized carbons (Fsp3) is 0.786. The van der Waals surface area contributed by atoms with Gasteiger partial charge in [-0.05, 0) is 40.0 Å². The van der Waals surface area contributed by atoms with Gasteiger partial charge in [0.15, 0.2) is 5.54 Å². The van der Waals surface area contributed by atoms with Crippen molar-refractivity contribution >= 4 is 18.0 Å². The summed E-state index contributed by atoms with van der Waals surface area (Å²) in [5.74, 6) is -1.53. The Morgan fingerprint density at radius 1 is 1.43 bits per heavy atom. The summed E-state index contributed by atoms with van der Waals surface area (Å²) in [5, 5.41) is 12.2. The van der Waals surface area contributed by atoms with Crippen LogP contribution in [0.25, 0.3) is 0 Å². The van der Waals surface area contributed by atoms with Crippen molar-refractivity contribution in [1.82, 2.24) is 10.2 Å². The first kappa shape index (κ1) is 15.6. The molecule has 118 valence electrons. The van der Waals surface area contributed by atoms with E-state index in [2.05, 4.69) is 5.32 Å². The van der Waals surface area contributed by atoms with E-state index in [0.717, 1.165) is 0 Å². The number of piperazine rings is 1. The predicted molar refractivity (Wildman–Crippen MR) is 73.7 cm³/mol. The summed E-state index contributed by atoms with van der Waals surface area (Å²) < 4.78 is 5.34. The van der Waals surface area contributed by atoms with Gasteiger partial charge in [-0.2, -0.15) is 0 Å². The number of nitrogens with zero attached hydrogens (tertiary/aromatic N) is 1. The highest BCUT2D eigenvalue weighted by Crippen LogP contribution is 2.38. The van der Waals surface area contributed by atoms with Crippen LogP contribution in [0.3, 0.4) is 0 Å². The van der Waals surface area contributed by atoms with Crippen molar-refractivity contribution in [3.63, 3.8) is 0 Å². The Bertz CT molecular complexity index is 484. The average Bonchev–Trinajstić information content (AvgIpc) is 2.72. The SMILES string of the molecule is CC[C@]1(C(=O)O)NC(=O)[C@H]2CC[C@@H]1N2C(=O)OC(C)(C)C. The Morgan fingerprint density at radius 2 is 2.05 bits per heavy atom. The molecule has 7 nitrogen and oxygen atoms in total. The van der Waals surface area contributed by atoms with Crippen LogP contribution in [0, 0.1) is 0 Å². The maximum atomic E-state index is 12.4. The summed E-state index contributed by atoms with van der Waals surface area (Å²) in [4.78, 5) is 37.6. The van der Waals surface area contributed by atoms with Crippen molar-refractivity contribution < 1.29 is 24.2 Å². The Morgan fingerprint density at radius 3 is 2.52 bits per heavy atom. The van der Waals surface area contributed by atoms with E-state index in [1.54, 1.807) is 27.7 Å². The molecular formula is C14H22N2O5. The van der Waals surface area contributed by atoms with Gasteiger partial charge < -0.3 is 15.2 Å². The molecule has 2 saturated heterocycles. The van der Waals surface area contributed by atoms with E-state index in [4.69, 9.17) is 4.74 Å². The molecule has 0 aromatic rings. The molecule has 0 spiro atoms.